The minimum Gasteiger partial charge on any atom is -0.550 e. The first-order valence-corrected chi connectivity index (χ1v) is 9.87. The fourth-order valence-corrected chi connectivity index (χ4v) is 3.97. The predicted octanol–water partition coefficient (Wildman–Crippen LogP) is 4.43. The van der Waals surface area contributed by atoms with Gasteiger partial charge in [0.15, 0.2) is 11.5 Å². The predicted molar refractivity (Wildman–Crippen MR) is 111 cm³/mol. The van der Waals surface area contributed by atoms with Crippen LogP contribution in [0.3, 0.4) is 0 Å². The van der Waals surface area contributed by atoms with Crippen molar-refractivity contribution in [3.8, 4) is 11.5 Å². The fraction of sp³-hybridized carbons (Fsp3) is 0.238. The third kappa shape index (κ3) is 4.64. The molecule has 1 heterocycles. The second-order valence-electron chi connectivity index (χ2n) is 6.41. The summed E-state index contributed by atoms with van der Waals surface area (Å²) in [5, 5.41) is 12.3. The Bertz CT molecular complexity index is 1010. The summed E-state index contributed by atoms with van der Waals surface area (Å²) in [6.45, 7) is 3.79. The number of nitrogens with zero attached hydrogens (tertiary/aromatic N) is 1. The molecule has 0 bridgehead atoms. The molecule has 0 atom stereocenters. The van der Waals surface area contributed by atoms with Gasteiger partial charge >= 0.3 is 0 Å². The van der Waals surface area contributed by atoms with Gasteiger partial charge in [0.25, 0.3) is 0 Å². The van der Waals surface area contributed by atoms with Crippen LogP contribution in [0.25, 0.3) is 21.9 Å². The van der Waals surface area contributed by atoms with Crippen LogP contribution >= 0.6 is 22.9 Å². The monoisotopic (exact) mass is 416 g/mol. The highest BCUT2D eigenvalue weighted by molar-refractivity contribution is 7.19. The van der Waals surface area contributed by atoms with Crippen molar-refractivity contribution in [2.75, 3.05) is 7.11 Å². The number of carbonyl (C=O) groups is 1. The maximum Gasteiger partial charge on any atom is 0.180 e. The van der Waals surface area contributed by atoms with Gasteiger partial charge in [-0.25, -0.2) is 4.98 Å². The fourth-order valence-electron chi connectivity index (χ4n) is 2.73. The van der Waals surface area contributed by atoms with E-state index in [9.17, 15) is 9.90 Å². The standard InChI is InChI=1S/C21H20ClNO4S/c1-12(2)27-20-15(22)9-13(10-17(20)26-3)8-14(11-19(24)25)21-23-16-6-4-5-7-18(16)28-21/h4-10,12H,11H2,1-3H3,(H,24,25)/p-1/b14-8+. The molecule has 0 radical (unpaired) electrons. The first-order valence-electron chi connectivity index (χ1n) is 8.68. The van der Waals surface area contributed by atoms with Crippen molar-refractivity contribution in [1.29, 1.82) is 0 Å². The first kappa shape index (κ1) is 20.2. The number of carboxylic acid groups (broad SMARTS) is 1. The van der Waals surface area contributed by atoms with Gasteiger partial charge in [0, 0.05) is 12.4 Å². The molecule has 0 N–H and O–H groups in total. The van der Waals surface area contributed by atoms with E-state index in [-0.39, 0.29) is 12.5 Å². The number of rotatable bonds is 7. The molecule has 0 saturated carbocycles. The number of fused-ring (bicyclic) bond motifs is 1. The summed E-state index contributed by atoms with van der Waals surface area (Å²) in [5.74, 6) is -0.245. The second-order valence-corrected chi connectivity index (χ2v) is 7.84. The number of para-hydroxylation sites is 1. The van der Waals surface area contributed by atoms with Gasteiger partial charge in [-0.05, 0) is 55.3 Å². The van der Waals surface area contributed by atoms with E-state index in [2.05, 4.69) is 4.98 Å². The summed E-state index contributed by atoms with van der Waals surface area (Å²) >= 11 is 7.81. The number of aliphatic carboxylic acids is 1. The zero-order valence-corrected chi connectivity index (χ0v) is 17.3. The summed E-state index contributed by atoms with van der Waals surface area (Å²) in [5.41, 5.74) is 2.05. The van der Waals surface area contributed by atoms with Crippen LogP contribution in [0.4, 0.5) is 0 Å². The van der Waals surface area contributed by atoms with E-state index < -0.39 is 5.97 Å². The number of thiazole rings is 1. The normalized spacial score (nSPS) is 11.8. The van der Waals surface area contributed by atoms with Crippen LogP contribution in [-0.4, -0.2) is 24.2 Å². The Labute approximate surface area is 172 Å². The van der Waals surface area contributed by atoms with Crippen molar-refractivity contribution in [2.45, 2.75) is 26.4 Å². The Morgan fingerprint density at radius 3 is 2.71 bits per heavy atom. The Morgan fingerprint density at radius 1 is 1.32 bits per heavy atom. The summed E-state index contributed by atoms with van der Waals surface area (Å²) < 4.78 is 12.1. The van der Waals surface area contributed by atoms with Gasteiger partial charge in [0.2, 0.25) is 0 Å². The molecule has 3 rings (SSSR count). The van der Waals surface area contributed by atoms with E-state index in [1.54, 1.807) is 18.2 Å². The van der Waals surface area contributed by atoms with Crippen molar-refractivity contribution in [3.63, 3.8) is 0 Å². The van der Waals surface area contributed by atoms with E-state index in [0.29, 0.717) is 32.7 Å². The highest BCUT2D eigenvalue weighted by atomic mass is 35.5. The molecular formula is C21H19ClNO4S-. The quantitative estimate of drug-likeness (QED) is 0.569. The van der Waals surface area contributed by atoms with Crippen molar-refractivity contribution < 1.29 is 19.4 Å². The van der Waals surface area contributed by atoms with Gasteiger partial charge in [0.05, 0.1) is 28.5 Å². The zero-order valence-electron chi connectivity index (χ0n) is 15.7. The lowest BCUT2D eigenvalue weighted by Gasteiger charge is -2.16. The van der Waals surface area contributed by atoms with E-state index in [1.165, 1.54) is 18.4 Å². The molecule has 146 valence electrons. The Kier molecular flexibility index (Phi) is 6.21. The topological polar surface area (TPSA) is 71.5 Å². The van der Waals surface area contributed by atoms with Crippen molar-refractivity contribution in [3.05, 3.63) is 52.0 Å². The molecule has 0 aliphatic heterocycles. The lowest BCUT2D eigenvalue weighted by Crippen LogP contribution is -2.22. The number of aromatic nitrogens is 1. The van der Waals surface area contributed by atoms with Crippen LogP contribution in [-0.2, 0) is 4.79 Å². The molecule has 0 fully saturated rings. The zero-order chi connectivity index (χ0) is 20.3. The van der Waals surface area contributed by atoms with Gasteiger partial charge < -0.3 is 19.4 Å². The third-order valence-electron chi connectivity index (χ3n) is 3.85. The highest BCUT2D eigenvalue weighted by Gasteiger charge is 2.15. The SMILES string of the molecule is COc1cc(/C=C(\CC(=O)[O-])c2nc3ccccc3s2)cc(Cl)c1OC(C)C. The van der Waals surface area contributed by atoms with E-state index >= 15 is 0 Å². The Morgan fingerprint density at radius 2 is 2.07 bits per heavy atom. The molecule has 0 spiro atoms. The molecule has 3 aromatic rings. The summed E-state index contributed by atoms with van der Waals surface area (Å²) in [7, 11) is 1.53. The van der Waals surface area contributed by atoms with Gasteiger partial charge in [-0.3, -0.25) is 0 Å². The van der Waals surface area contributed by atoms with Gasteiger partial charge in [-0.15, -0.1) is 11.3 Å². The number of carboxylic acids is 1. The largest absolute Gasteiger partial charge is 0.550 e. The molecule has 0 aliphatic carbocycles. The maximum atomic E-state index is 11.3. The van der Waals surface area contributed by atoms with E-state index in [4.69, 9.17) is 21.1 Å². The molecule has 7 heteroatoms. The smallest absolute Gasteiger partial charge is 0.180 e. The van der Waals surface area contributed by atoms with Crippen molar-refractivity contribution in [1.82, 2.24) is 4.98 Å². The molecule has 1 aromatic heterocycles. The minimum absolute atomic E-state index is 0.0656. The average molecular weight is 417 g/mol. The number of methoxy groups -OCH3 is 1. The molecule has 2 aromatic carbocycles. The number of benzene rings is 2. The van der Waals surface area contributed by atoms with Crippen LogP contribution < -0.4 is 14.6 Å². The number of halogens is 1. The lowest BCUT2D eigenvalue weighted by molar-refractivity contribution is -0.304. The highest BCUT2D eigenvalue weighted by Crippen LogP contribution is 2.38. The first-order chi connectivity index (χ1) is 13.4. The number of ether oxygens (including phenoxy) is 2. The molecule has 0 amide bonds. The van der Waals surface area contributed by atoms with Crippen molar-refractivity contribution in [2.24, 2.45) is 0 Å². The number of hydrogen-bond donors (Lipinski definition) is 0. The van der Waals surface area contributed by atoms with E-state index in [1.807, 2.05) is 38.1 Å². The minimum atomic E-state index is -1.18. The van der Waals surface area contributed by atoms with Crippen LogP contribution in [0.2, 0.25) is 5.02 Å². The summed E-state index contributed by atoms with van der Waals surface area (Å²) in [6.07, 6.45) is 1.41. The molecule has 0 unspecified atom stereocenters. The van der Waals surface area contributed by atoms with Gasteiger partial charge in [-0.2, -0.15) is 0 Å². The number of carbonyl (C=O) groups excluding carboxylic acids is 1. The van der Waals surface area contributed by atoms with Gasteiger partial charge in [-0.1, -0.05) is 23.7 Å². The summed E-state index contributed by atoms with van der Waals surface area (Å²) in [6, 6.07) is 11.1. The van der Waals surface area contributed by atoms with Gasteiger partial charge in [0.1, 0.15) is 5.01 Å². The Balaban J connectivity index is 2.07. The molecule has 5 nitrogen and oxygen atoms in total. The number of hydrogen-bond acceptors (Lipinski definition) is 6. The third-order valence-corrected chi connectivity index (χ3v) is 5.24. The van der Waals surface area contributed by atoms with Crippen LogP contribution in [0.15, 0.2) is 36.4 Å². The second kappa shape index (κ2) is 8.63. The Hall–Kier alpha value is -2.57. The van der Waals surface area contributed by atoms with Crippen LogP contribution in [0.1, 0.15) is 30.8 Å². The molecule has 0 saturated heterocycles. The van der Waals surface area contributed by atoms with E-state index in [0.717, 1.165) is 10.2 Å². The average Bonchev–Trinajstić information content (AvgIpc) is 3.06. The summed E-state index contributed by atoms with van der Waals surface area (Å²) in [4.78, 5) is 15.9. The maximum absolute atomic E-state index is 11.3. The molecule has 28 heavy (non-hydrogen) atoms. The lowest BCUT2D eigenvalue weighted by atomic mass is 10.1. The van der Waals surface area contributed by atoms with Crippen LogP contribution in [0.5, 0.6) is 11.5 Å². The van der Waals surface area contributed by atoms with Crippen molar-refractivity contribution >= 4 is 50.8 Å². The molecular weight excluding hydrogens is 398 g/mol. The molecule has 0 aliphatic rings. The van der Waals surface area contributed by atoms with Crippen LogP contribution in [0, 0.1) is 0 Å².